The number of ketones is 1. The van der Waals surface area contributed by atoms with Crippen LogP contribution in [0.1, 0.15) is 86.5 Å². The molecule has 0 aromatic rings. The van der Waals surface area contributed by atoms with E-state index in [0.29, 0.717) is 13.0 Å². The van der Waals surface area contributed by atoms with Gasteiger partial charge in [0.2, 0.25) is 17.6 Å². The van der Waals surface area contributed by atoms with E-state index in [1.165, 1.54) is 32.5 Å². The maximum atomic E-state index is 14.4. The van der Waals surface area contributed by atoms with Crippen LogP contribution in [0.2, 0.25) is 0 Å². The van der Waals surface area contributed by atoms with E-state index in [1.807, 2.05) is 41.5 Å². The molecule has 3 rings (SSSR count). The zero-order valence-electron chi connectivity index (χ0n) is 30.5. The highest BCUT2D eigenvalue weighted by Crippen LogP contribution is 2.43. The zero-order chi connectivity index (χ0) is 36.4. The number of carbonyl (C=O) groups is 5. The summed E-state index contributed by atoms with van der Waals surface area (Å²) in [5, 5.41) is 11.0. The maximum absolute atomic E-state index is 14.4. The molecule has 3 fully saturated rings. The van der Waals surface area contributed by atoms with Crippen LogP contribution in [-0.4, -0.2) is 117 Å². The van der Waals surface area contributed by atoms with Crippen LogP contribution in [0.5, 0.6) is 0 Å². The van der Waals surface area contributed by atoms with Gasteiger partial charge in [-0.25, -0.2) is 4.79 Å². The normalized spacial score (nSPS) is 23.6. The average Bonchev–Trinajstić information content (AvgIpc) is 3.55. The Morgan fingerprint density at radius 1 is 0.854 bits per heavy atom. The monoisotopic (exact) mass is 697 g/mol. The van der Waals surface area contributed by atoms with Gasteiger partial charge in [-0.1, -0.05) is 67.2 Å². The van der Waals surface area contributed by atoms with Gasteiger partial charge < -0.3 is 26.2 Å². The van der Waals surface area contributed by atoms with Gasteiger partial charge in [0, 0.05) is 47.3 Å². The Labute approximate surface area is 287 Å². The fraction of sp³-hybridized carbons (Fsp3) is 0.848. The van der Waals surface area contributed by atoms with Gasteiger partial charge in [-0.3, -0.25) is 19.2 Å². The van der Waals surface area contributed by atoms with E-state index in [-0.39, 0.29) is 24.3 Å². The molecule has 0 spiro atoms. The fourth-order valence-corrected chi connectivity index (χ4v) is 7.91. The second-order valence-electron chi connectivity index (χ2n) is 16.2. The molecule has 2 aliphatic carbocycles. The Morgan fingerprint density at radius 2 is 1.46 bits per heavy atom. The molecule has 5 amide bonds. The minimum atomic E-state index is -3.73. The number of likely N-dealkylation sites (N-methyl/N-ethyl adjacent to an activating group) is 2. The summed E-state index contributed by atoms with van der Waals surface area (Å²) < 4.78 is 27.7. The average molecular weight is 698 g/mol. The smallest absolute Gasteiger partial charge is 0.315 e. The Balaban J connectivity index is 1.84. The van der Waals surface area contributed by atoms with Crippen LogP contribution in [0.25, 0.3) is 0 Å². The largest absolute Gasteiger partial charge is 0.353 e. The van der Waals surface area contributed by atoms with Crippen LogP contribution in [-0.2, 0) is 29.4 Å². The van der Waals surface area contributed by atoms with Gasteiger partial charge in [0.15, 0.2) is 0 Å². The third-order valence-electron chi connectivity index (χ3n) is 10.4. The van der Waals surface area contributed by atoms with E-state index >= 15 is 0 Å². The molecule has 1 saturated heterocycles. The van der Waals surface area contributed by atoms with Gasteiger partial charge in [0.25, 0.3) is 16.1 Å². The van der Waals surface area contributed by atoms with Crippen molar-refractivity contribution in [3.05, 3.63) is 0 Å². The number of likely N-dealkylation sites (tertiary alicyclic amines) is 1. The summed E-state index contributed by atoms with van der Waals surface area (Å²) in [5.74, 6) is -2.05. The quantitative estimate of drug-likeness (QED) is 0.211. The molecule has 14 nitrogen and oxygen atoms in total. The third-order valence-corrected chi connectivity index (χ3v) is 12.2. The van der Waals surface area contributed by atoms with Gasteiger partial charge in [0.1, 0.15) is 12.1 Å². The number of hydrogen-bond acceptors (Lipinski definition) is 7. The van der Waals surface area contributed by atoms with Crippen LogP contribution < -0.4 is 21.3 Å². The lowest BCUT2D eigenvalue weighted by molar-refractivity contribution is -0.144. The summed E-state index contributed by atoms with van der Waals surface area (Å²) in [6, 6.07) is -4.08. The predicted octanol–water partition coefficient (Wildman–Crippen LogP) is 1.47. The standard InChI is InChI=1S/C33H59N7O7S/c1-32(2,3)24(19-39(10)48(46,47)38(8)9)36-31(45)37-27(33(4,5)6)30(44)40-18-21-15-12-16-22(21)25(40)28(42)35-23(17-20-13-11-14-20)26(41)29(43)34-7/h20-25,27H,11-19H2,1-10H3,(H,34,43)(H,35,42)(H2,36,37,45)/t21-,22-,23?,24+,25-,27+/m0/s1. The lowest BCUT2D eigenvalue weighted by Gasteiger charge is -2.38. The maximum Gasteiger partial charge on any atom is 0.315 e. The molecule has 274 valence electrons. The van der Waals surface area contributed by atoms with Gasteiger partial charge in [-0.05, 0) is 47.8 Å². The fourth-order valence-electron chi connectivity index (χ4n) is 7.01. The lowest BCUT2D eigenvalue weighted by atomic mass is 9.80. The van der Waals surface area contributed by atoms with Crippen LogP contribution in [0.4, 0.5) is 4.79 Å². The molecule has 3 aliphatic rings. The molecule has 1 aliphatic heterocycles. The van der Waals surface area contributed by atoms with Crippen LogP contribution in [0.15, 0.2) is 0 Å². The number of hydrogen-bond donors (Lipinski definition) is 4. The first-order valence-electron chi connectivity index (χ1n) is 17.2. The van der Waals surface area contributed by atoms with E-state index in [9.17, 15) is 32.4 Å². The summed E-state index contributed by atoms with van der Waals surface area (Å²) >= 11 is 0. The Kier molecular flexibility index (Phi) is 12.7. The number of amides is 5. The number of rotatable bonds is 13. The molecular formula is C33H59N7O7S. The van der Waals surface area contributed by atoms with Gasteiger partial charge in [-0.15, -0.1) is 0 Å². The molecule has 0 bridgehead atoms. The number of nitrogens with zero attached hydrogens (tertiary/aromatic N) is 3. The Bertz CT molecular complexity index is 1320. The molecule has 6 atom stereocenters. The van der Waals surface area contributed by atoms with Crippen molar-refractivity contribution in [1.82, 2.24) is 34.8 Å². The van der Waals surface area contributed by atoms with Gasteiger partial charge in [-0.2, -0.15) is 17.0 Å². The van der Waals surface area contributed by atoms with Gasteiger partial charge in [0.05, 0.1) is 6.04 Å². The molecule has 4 N–H and O–H groups in total. The van der Waals surface area contributed by atoms with Crippen molar-refractivity contribution in [1.29, 1.82) is 0 Å². The molecule has 15 heteroatoms. The summed E-state index contributed by atoms with van der Waals surface area (Å²) in [5.41, 5.74) is -1.29. The van der Waals surface area contributed by atoms with Crippen molar-refractivity contribution < 1.29 is 32.4 Å². The molecule has 0 aromatic carbocycles. The Morgan fingerprint density at radius 3 is 1.96 bits per heavy atom. The number of Topliss-reactive ketones (excluding diaryl/α,β-unsaturated/α-hetero) is 1. The highest BCUT2D eigenvalue weighted by atomic mass is 32.2. The zero-order valence-corrected chi connectivity index (χ0v) is 31.3. The highest BCUT2D eigenvalue weighted by Gasteiger charge is 2.52. The summed E-state index contributed by atoms with van der Waals surface area (Å²) in [6.45, 7) is 11.5. The second-order valence-corrected chi connectivity index (χ2v) is 18.5. The van der Waals surface area contributed by atoms with E-state index in [4.69, 9.17) is 0 Å². The molecular weight excluding hydrogens is 638 g/mol. The minimum Gasteiger partial charge on any atom is -0.353 e. The number of fused-ring (bicyclic) bond motifs is 1. The summed E-state index contributed by atoms with van der Waals surface area (Å²) in [4.78, 5) is 69.0. The van der Waals surface area contributed by atoms with Crippen molar-refractivity contribution in [2.45, 2.75) is 111 Å². The van der Waals surface area contributed by atoms with E-state index in [0.717, 1.165) is 42.8 Å². The first-order valence-corrected chi connectivity index (χ1v) is 18.6. The molecule has 2 saturated carbocycles. The van der Waals surface area contributed by atoms with Crippen LogP contribution in [0.3, 0.4) is 0 Å². The van der Waals surface area contributed by atoms with Gasteiger partial charge >= 0.3 is 6.03 Å². The minimum absolute atomic E-state index is 0.0000920. The molecule has 0 radical (unpaired) electrons. The van der Waals surface area contributed by atoms with E-state index in [2.05, 4.69) is 21.3 Å². The van der Waals surface area contributed by atoms with Crippen molar-refractivity contribution in [2.75, 3.05) is 41.3 Å². The SMILES string of the molecule is CNC(=O)C(=O)C(CC1CCC1)NC(=O)[C@@H]1[C@H]2CCC[C@H]2CN1C(=O)[C@@H](NC(=O)N[C@H](CN(C)S(=O)(=O)N(C)C)C(C)(C)C)C(C)(C)C. The summed E-state index contributed by atoms with van der Waals surface area (Å²) in [7, 11) is 1.97. The van der Waals surface area contributed by atoms with Crippen LogP contribution in [0, 0.1) is 28.6 Å². The molecule has 48 heavy (non-hydrogen) atoms. The van der Waals surface area contributed by atoms with E-state index < -0.39 is 74.7 Å². The number of urea groups is 1. The van der Waals surface area contributed by atoms with Crippen molar-refractivity contribution >= 4 is 39.7 Å². The van der Waals surface area contributed by atoms with Crippen molar-refractivity contribution in [3.8, 4) is 0 Å². The number of carbonyl (C=O) groups excluding carboxylic acids is 5. The molecule has 1 heterocycles. The number of nitrogens with one attached hydrogen (secondary N) is 4. The third kappa shape index (κ3) is 9.26. The summed E-state index contributed by atoms with van der Waals surface area (Å²) in [6.07, 6.45) is 5.85. The van der Waals surface area contributed by atoms with Crippen molar-refractivity contribution in [3.63, 3.8) is 0 Å². The predicted molar refractivity (Wildman–Crippen MR) is 183 cm³/mol. The van der Waals surface area contributed by atoms with E-state index in [1.54, 1.807) is 4.90 Å². The van der Waals surface area contributed by atoms with Crippen LogP contribution >= 0.6 is 0 Å². The molecule has 0 aromatic heterocycles. The lowest BCUT2D eigenvalue weighted by Crippen LogP contribution is -2.62. The second kappa shape index (κ2) is 15.4. The first-order chi connectivity index (χ1) is 22.1. The highest BCUT2D eigenvalue weighted by molar-refractivity contribution is 7.86. The first kappa shape index (κ1) is 39.7. The molecule has 1 unspecified atom stereocenters. The Hall–Kier alpha value is -2.78. The van der Waals surface area contributed by atoms with Crippen molar-refractivity contribution in [2.24, 2.45) is 28.6 Å². The topological polar surface area (TPSA) is 177 Å².